The molecule has 110 valence electrons. The molecule has 0 amide bonds. The third kappa shape index (κ3) is 2.61. The van der Waals surface area contributed by atoms with Gasteiger partial charge in [-0.05, 0) is 30.0 Å². The van der Waals surface area contributed by atoms with E-state index in [1.807, 2.05) is 19.1 Å². The molecule has 21 heavy (non-hydrogen) atoms. The van der Waals surface area contributed by atoms with Gasteiger partial charge in [0.25, 0.3) is 0 Å². The summed E-state index contributed by atoms with van der Waals surface area (Å²) in [7, 11) is -3.21. The molecule has 1 aromatic heterocycles. The topological polar surface area (TPSA) is 60.4 Å². The lowest BCUT2D eigenvalue weighted by atomic mass is 10.1. The van der Waals surface area contributed by atoms with Crippen molar-refractivity contribution in [3.8, 4) is 0 Å². The molecule has 6 heteroatoms. The van der Waals surface area contributed by atoms with Crippen LogP contribution in [0.1, 0.15) is 34.0 Å². The molecule has 3 rings (SSSR count). The lowest BCUT2D eigenvalue weighted by Crippen LogP contribution is -2.22. The first-order valence-electron chi connectivity index (χ1n) is 6.56. The first kappa shape index (κ1) is 14.3. The number of benzene rings is 1. The van der Waals surface area contributed by atoms with Crippen LogP contribution in [0.3, 0.4) is 0 Å². The third-order valence-corrected chi connectivity index (χ3v) is 6.90. The van der Waals surface area contributed by atoms with Gasteiger partial charge >= 0.3 is 5.97 Å². The fourth-order valence-corrected chi connectivity index (χ4v) is 5.37. The number of carbonyl (C=O) groups excluding carboxylic acids is 1. The van der Waals surface area contributed by atoms with Crippen LogP contribution in [0.2, 0.25) is 0 Å². The summed E-state index contributed by atoms with van der Waals surface area (Å²) in [6.07, 6.45) is -0.175. The molecule has 0 N–H and O–H groups in total. The molecule has 2 heterocycles. The van der Waals surface area contributed by atoms with Crippen molar-refractivity contribution in [2.24, 2.45) is 0 Å². The van der Waals surface area contributed by atoms with Gasteiger partial charge in [0.2, 0.25) is 0 Å². The minimum Gasteiger partial charge on any atom is -0.454 e. The van der Waals surface area contributed by atoms with E-state index in [4.69, 9.17) is 4.74 Å². The molecule has 0 bridgehead atoms. The van der Waals surface area contributed by atoms with E-state index in [1.54, 1.807) is 23.6 Å². The van der Waals surface area contributed by atoms with Crippen molar-refractivity contribution in [2.45, 2.75) is 23.7 Å². The summed E-state index contributed by atoms with van der Waals surface area (Å²) in [5, 5.41) is 1.72. The second-order valence-electron chi connectivity index (χ2n) is 4.98. The molecule has 0 aliphatic carbocycles. The molecule has 4 nitrogen and oxygen atoms in total. The Kier molecular flexibility index (Phi) is 3.59. The third-order valence-electron chi connectivity index (χ3n) is 3.55. The molecule has 0 saturated heterocycles. The fourth-order valence-electron chi connectivity index (χ4n) is 2.42. The average Bonchev–Trinajstić information content (AvgIpc) is 2.93. The highest BCUT2D eigenvalue weighted by atomic mass is 32.2. The minimum atomic E-state index is -3.21. The lowest BCUT2D eigenvalue weighted by molar-refractivity contribution is 0.0279. The monoisotopic (exact) mass is 322 g/mol. The highest BCUT2D eigenvalue weighted by Gasteiger charge is 2.34. The highest BCUT2D eigenvalue weighted by molar-refractivity contribution is 7.93. The molecule has 1 aliphatic rings. The Labute approximate surface area is 127 Å². The summed E-state index contributed by atoms with van der Waals surface area (Å²) in [6.45, 7) is 1.85. The van der Waals surface area contributed by atoms with Crippen molar-refractivity contribution < 1.29 is 17.9 Å². The first-order chi connectivity index (χ1) is 9.99. The van der Waals surface area contributed by atoms with E-state index >= 15 is 0 Å². The van der Waals surface area contributed by atoms with Crippen LogP contribution >= 0.6 is 11.3 Å². The maximum absolute atomic E-state index is 12.3. The van der Waals surface area contributed by atoms with E-state index in [1.165, 1.54) is 11.3 Å². The molecular formula is C15H14O4S2. The zero-order valence-corrected chi connectivity index (χ0v) is 13.0. The van der Waals surface area contributed by atoms with Gasteiger partial charge in [-0.2, -0.15) is 0 Å². The van der Waals surface area contributed by atoms with Gasteiger partial charge in [0.1, 0.15) is 10.3 Å². The summed E-state index contributed by atoms with van der Waals surface area (Å²) in [5.41, 5.74) is 1.97. The first-order valence-corrected chi connectivity index (χ1v) is 9.09. The van der Waals surface area contributed by atoms with Crippen molar-refractivity contribution in [3.05, 3.63) is 52.4 Å². The normalized spacial score (nSPS) is 19.8. The number of rotatable bonds is 2. The van der Waals surface area contributed by atoms with Crippen molar-refractivity contribution in [1.82, 2.24) is 0 Å². The van der Waals surface area contributed by atoms with E-state index in [-0.39, 0.29) is 5.75 Å². The van der Waals surface area contributed by atoms with E-state index in [2.05, 4.69) is 0 Å². The molecule has 0 unspecified atom stereocenters. The van der Waals surface area contributed by atoms with Gasteiger partial charge < -0.3 is 4.74 Å². The number of aryl methyl sites for hydroxylation is 1. The summed E-state index contributed by atoms with van der Waals surface area (Å²) in [5.74, 6) is -0.388. The Morgan fingerprint density at radius 2 is 2.05 bits per heavy atom. The number of hydrogen-bond acceptors (Lipinski definition) is 5. The second-order valence-corrected chi connectivity index (χ2v) is 8.20. The number of esters is 1. The zero-order valence-electron chi connectivity index (χ0n) is 11.4. The van der Waals surface area contributed by atoms with Crippen LogP contribution in [0.5, 0.6) is 0 Å². The van der Waals surface area contributed by atoms with Gasteiger partial charge in [-0.25, -0.2) is 13.2 Å². The quantitative estimate of drug-likeness (QED) is 0.797. The Hall–Kier alpha value is -1.66. The standard InChI is InChI=1S/C15H14O4S2/c1-10-4-2-3-5-11(10)14(16)19-13-7-9-21(17,18)15-12(13)6-8-20-15/h2-6,8,13H,7,9H2,1H3/t13-/m1/s1. The predicted molar refractivity (Wildman–Crippen MR) is 80.3 cm³/mol. The van der Waals surface area contributed by atoms with E-state index in [9.17, 15) is 13.2 Å². The number of carbonyl (C=O) groups is 1. The van der Waals surface area contributed by atoms with Gasteiger partial charge in [-0.3, -0.25) is 0 Å². The molecule has 2 aromatic rings. The van der Waals surface area contributed by atoms with E-state index in [0.717, 1.165) is 5.56 Å². The summed E-state index contributed by atoms with van der Waals surface area (Å²) >= 11 is 1.18. The van der Waals surface area contributed by atoms with Crippen LogP contribution < -0.4 is 0 Å². The highest BCUT2D eigenvalue weighted by Crippen LogP contribution is 2.38. The van der Waals surface area contributed by atoms with Gasteiger partial charge in [0, 0.05) is 12.0 Å². The summed E-state index contributed by atoms with van der Waals surface area (Å²) in [4.78, 5) is 12.3. The zero-order chi connectivity index (χ0) is 15.0. The van der Waals surface area contributed by atoms with Gasteiger partial charge in [0.15, 0.2) is 9.84 Å². The molecule has 0 spiro atoms. The second kappa shape index (κ2) is 5.27. The number of thiophene rings is 1. The number of hydrogen-bond donors (Lipinski definition) is 0. The van der Waals surface area contributed by atoms with Crippen LogP contribution in [0.4, 0.5) is 0 Å². The van der Waals surface area contributed by atoms with Crippen molar-refractivity contribution in [1.29, 1.82) is 0 Å². The van der Waals surface area contributed by atoms with Crippen LogP contribution in [-0.2, 0) is 14.6 Å². The van der Waals surface area contributed by atoms with Crippen LogP contribution in [0.25, 0.3) is 0 Å². The Morgan fingerprint density at radius 1 is 1.29 bits per heavy atom. The molecule has 0 saturated carbocycles. The fraction of sp³-hybridized carbons (Fsp3) is 0.267. The number of sulfone groups is 1. The van der Waals surface area contributed by atoms with Gasteiger partial charge in [-0.15, -0.1) is 11.3 Å². The van der Waals surface area contributed by atoms with Crippen molar-refractivity contribution >= 4 is 27.1 Å². The smallest absolute Gasteiger partial charge is 0.339 e. The summed E-state index contributed by atoms with van der Waals surface area (Å²) < 4.78 is 29.8. The van der Waals surface area contributed by atoms with Gasteiger partial charge in [0.05, 0.1) is 11.3 Å². The SMILES string of the molecule is Cc1ccccc1C(=O)O[C@@H]1CCS(=O)(=O)c2sccc21. The maximum Gasteiger partial charge on any atom is 0.339 e. The molecule has 1 aliphatic heterocycles. The Morgan fingerprint density at radius 3 is 2.81 bits per heavy atom. The Bertz CT molecular complexity index is 790. The van der Waals surface area contributed by atoms with Crippen LogP contribution in [0, 0.1) is 6.92 Å². The van der Waals surface area contributed by atoms with E-state index < -0.39 is 21.9 Å². The molecule has 0 radical (unpaired) electrons. The molecule has 1 aromatic carbocycles. The number of fused-ring (bicyclic) bond motifs is 1. The average molecular weight is 322 g/mol. The molecule has 0 fully saturated rings. The predicted octanol–water partition coefficient (Wildman–Crippen LogP) is 3.13. The molecule has 1 atom stereocenters. The van der Waals surface area contributed by atoms with Crippen molar-refractivity contribution in [2.75, 3.05) is 5.75 Å². The largest absolute Gasteiger partial charge is 0.454 e. The van der Waals surface area contributed by atoms with Crippen LogP contribution in [-0.4, -0.2) is 20.1 Å². The number of ether oxygens (including phenoxy) is 1. The van der Waals surface area contributed by atoms with Crippen LogP contribution in [0.15, 0.2) is 39.9 Å². The Balaban J connectivity index is 1.88. The van der Waals surface area contributed by atoms with E-state index in [0.29, 0.717) is 21.8 Å². The molecular weight excluding hydrogens is 308 g/mol. The van der Waals surface area contributed by atoms with Gasteiger partial charge in [-0.1, -0.05) is 18.2 Å². The van der Waals surface area contributed by atoms with Crippen molar-refractivity contribution in [3.63, 3.8) is 0 Å². The summed E-state index contributed by atoms with van der Waals surface area (Å²) in [6, 6.07) is 8.93. The lowest BCUT2D eigenvalue weighted by Gasteiger charge is -2.23. The maximum atomic E-state index is 12.3. The minimum absolute atomic E-state index is 0.0201.